The number of ketones is 3. The summed E-state index contributed by atoms with van der Waals surface area (Å²) in [6.45, 7) is 9.84. The Morgan fingerprint density at radius 2 is 1.18 bits per heavy atom. The van der Waals surface area contributed by atoms with Gasteiger partial charge in [0.05, 0.1) is 22.3 Å². The molecular weight excluding hydrogens is 440 g/mol. The Morgan fingerprint density at radius 3 is 1.65 bits per heavy atom. The lowest BCUT2D eigenvalue weighted by atomic mass is 9.94. The van der Waals surface area contributed by atoms with E-state index < -0.39 is 62.6 Å². The van der Waals surface area contributed by atoms with Crippen molar-refractivity contribution in [3.63, 3.8) is 0 Å². The number of nitrogens with zero attached hydrogens (tertiary/aromatic N) is 2. The number of phenolic OH excluding ortho intramolecular Hbond substituents is 2. The van der Waals surface area contributed by atoms with Gasteiger partial charge in [-0.25, -0.2) is 0 Å². The molecule has 1 aromatic carbocycles. The predicted molar refractivity (Wildman–Crippen MR) is 127 cm³/mol. The lowest BCUT2D eigenvalue weighted by molar-refractivity contribution is -0.130. The Morgan fingerprint density at radius 1 is 0.676 bits per heavy atom. The number of rotatable bonds is 7. The van der Waals surface area contributed by atoms with Crippen LogP contribution in [0, 0.1) is 0 Å². The van der Waals surface area contributed by atoms with Crippen molar-refractivity contribution in [2.45, 2.75) is 27.7 Å². The van der Waals surface area contributed by atoms with Gasteiger partial charge in [0, 0.05) is 61.8 Å². The third-order valence-electron chi connectivity index (χ3n) is 6.04. The normalized spacial score (nSPS) is 18.4. The fourth-order valence-corrected chi connectivity index (χ4v) is 4.27. The third-order valence-corrected chi connectivity index (χ3v) is 6.04. The molecule has 0 atom stereocenters. The standard InChI is InChI=1S/C25H28N2O7/c1-5-26(6-2)13-9-15(28)19(16(29)10-13)21-23(32)22(25(34)24(21)33)20-17(30)11-14(12-18(20)31)27(7-3)8-4/h9-12,28-30,32H,5-8H2,1-4H3/b22-20+. The first-order valence-electron chi connectivity index (χ1n) is 11.1. The summed E-state index contributed by atoms with van der Waals surface area (Å²) in [6, 6.07) is 2.63. The van der Waals surface area contributed by atoms with Crippen LogP contribution < -0.4 is 4.90 Å². The maximum Gasteiger partial charge on any atom is 0.238 e. The molecular formula is C25H28N2O7. The zero-order valence-electron chi connectivity index (χ0n) is 19.5. The smallest absolute Gasteiger partial charge is 0.238 e. The number of aliphatic hydroxyl groups is 2. The summed E-state index contributed by atoms with van der Waals surface area (Å²) in [5, 5.41) is 42.6. The molecule has 0 radical (unpaired) electrons. The Labute approximate surface area is 197 Å². The number of Topliss-reactive ketones (excluding diaryl/α,β-unsaturated/α-hetero) is 2. The highest BCUT2D eigenvalue weighted by atomic mass is 16.3. The molecule has 9 nitrogen and oxygen atoms in total. The van der Waals surface area contributed by atoms with Gasteiger partial charge in [0.2, 0.25) is 11.6 Å². The average Bonchev–Trinajstić information content (AvgIpc) is 2.99. The van der Waals surface area contributed by atoms with Gasteiger partial charge in [-0.1, -0.05) is 0 Å². The largest absolute Gasteiger partial charge is 0.507 e. The van der Waals surface area contributed by atoms with Crippen molar-refractivity contribution < 1.29 is 34.8 Å². The van der Waals surface area contributed by atoms with E-state index in [1.54, 1.807) is 0 Å². The lowest BCUT2D eigenvalue weighted by Crippen LogP contribution is -2.25. The third kappa shape index (κ3) is 3.93. The van der Waals surface area contributed by atoms with Crippen molar-refractivity contribution in [1.29, 1.82) is 0 Å². The number of likely N-dealkylation sites (N-methyl/N-ethyl adjacent to an activating group) is 1. The van der Waals surface area contributed by atoms with Gasteiger partial charge in [0.25, 0.3) is 0 Å². The summed E-state index contributed by atoms with van der Waals surface area (Å²) >= 11 is 0. The SMILES string of the molecule is CCN(CC)C1=CC(=O)/C(=C2/C(=O)C(=O)C(c3c(O)cc(N(CC)CC)cc3O)=C2O)C(O)=C1. The second-order valence-electron chi connectivity index (χ2n) is 7.80. The predicted octanol–water partition coefficient (Wildman–Crippen LogP) is 2.91. The van der Waals surface area contributed by atoms with Crippen LogP contribution in [-0.4, -0.2) is 68.9 Å². The van der Waals surface area contributed by atoms with Crippen LogP contribution in [0.1, 0.15) is 33.3 Å². The molecule has 180 valence electrons. The fourth-order valence-electron chi connectivity index (χ4n) is 4.27. The molecule has 0 spiro atoms. The van der Waals surface area contributed by atoms with Gasteiger partial charge < -0.3 is 30.2 Å². The second kappa shape index (κ2) is 9.46. The van der Waals surface area contributed by atoms with Gasteiger partial charge in [-0.05, 0) is 27.7 Å². The number of carbonyl (C=O) groups is 3. The molecule has 4 N–H and O–H groups in total. The van der Waals surface area contributed by atoms with Crippen LogP contribution in [0.4, 0.5) is 5.69 Å². The number of aliphatic hydroxyl groups excluding tert-OH is 2. The molecule has 0 aliphatic heterocycles. The van der Waals surface area contributed by atoms with E-state index in [1.165, 1.54) is 24.3 Å². The summed E-state index contributed by atoms with van der Waals surface area (Å²) in [5.41, 5.74) is -1.32. The minimum Gasteiger partial charge on any atom is -0.507 e. The minimum atomic E-state index is -1.22. The molecule has 2 aliphatic carbocycles. The van der Waals surface area contributed by atoms with E-state index in [0.29, 0.717) is 37.6 Å². The number of carbonyl (C=O) groups excluding carboxylic acids is 3. The summed E-state index contributed by atoms with van der Waals surface area (Å²) in [7, 11) is 0. The van der Waals surface area contributed by atoms with Gasteiger partial charge in [-0.3, -0.25) is 14.4 Å². The van der Waals surface area contributed by atoms with Gasteiger partial charge in [-0.2, -0.15) is 0 Å². The number of benzene rings is 1. The van der Waals surface area contributed by atoms with Crippen LogP contribution in [0.3, 0.4) is 0 Å². The topological polar surface area (TPSA) is 139 Å². The van der Waals surface area contributed by atoms with Gasteiger partial charge in [-0.15, -0.1) is 0 Å². The summed E-state index contributed by atoms with van der Waals surface area (Å²) in [6.07, 6.45) is 2.50. The molecule has 9 heteroatoms. The van der Waals surface area contributed by atoms with Crippen molar-refractivity contribution in [2.24, 2.45) is 0 Å². The summed E-state index contributed by atoms with van der Waals surface area (Å²) < 4.78 is 0. The highest BCUT2D eigenvalue weighted by molar-refractivity contribution is 6.63. The monoisotopic (exact) mass is 468 g/mol. The van der Waals surface area contributed by atoms with E-state index in [4.69, 9.17) is 0 Å². The molecule has 0 aromatic heterocycles. The molecule has 0 saturated carbocycles. The Kier molecular flexibility index (Phi) is 6.85. The highest BCUT2D eigenvalue weighted by Crippen LogP contribution is 2.44. The van der Waals surface area contributed by atoms with Crippen LogP contribution in [0.5, 0.6) is 11.5 Å². The Balaban J connectivity index is 2.18. The van der Waals surface area contributed by atoms with Crippen molar-refractivity contribution >= 4 is 28.6 Å². The molecule has 1 aromatic rings. The number of anilines is 1. The molecule has 34 heavy (non-hydrogen) atoms. The molecule has 0 saturated heterocycles. The van der Waals surface area contributed by atoms with Gasteiger partial charge >= 0.3 is 0 Å². The van der Waals surface area contributed by atoms with E-state index in [9.17, 15) is 34.8 Å². The minimum absolute atomic E-state index is 0.423. The van der Waals surface area contributed by atoms with Crippen molar-refractivity contribution in [3.05, 3.63) is 58.2 Å². The lowest BCUT2D eigenvalue weighted by Gasteiger charge is -2.25. The average molecular weight is 469 g/mol. The van der Waals surface area contributed by atoms with Crippen molar-refractivity contribution in [1.82, 2.24) is 4.90 Å². The molecule has 0 bridgehead atoms. The van der Waals surface area contributed by atoms with Crippen LogP contribution in [0.15, 0.2) is 52.6 Å². The summed E-state index contributed by atoms with van der Waals surface area (Å²) in [4.78, 5) is 42.1. The number of phenols is 2. The van der Waals surface area contributed by atoms with Crippen LogP contribution >= 0.6 is 0 Å². The van der Waals surface area contributed by atoms with E-state index >= 15 is 0 Å². The number of hydrogen-bond donors (Lipinski definition) is 4. The van der Waals surface area contributed by atoms with E-state index in [-0.39, 0.29) is 0 Å². The first-order chi connectivity index (χ1) is 16.1. The zero-order valence-corrected chi connectivity index (χ0v) is 19.5. The first kappa shape index (κ1) is 24.6. The van der Waals surface area contributed by atoms with Gasteiger partial charge in [0.1, 0.15) is 23.0 Å². The second-order valence-corrected chi connectivity index (χ2v) is 7.80. The molecule has 2 aliphatic rings. The van der Waals surface area contributed by atoms with Crippen molar-refractivity contribution in [3.8, 4) is 11.5 Å². The van der Waals surface area contributed by atoms with Crippen LogP contribution in [0.25, 0.3) is 5.57 Å². The Hall–Kier alpha value is -4.01. The van der Waals surface area contributed by atoms with Crippen LogP contribution in [-0.2, 0) is 14.4 Å². The fraction of sp³-hybridized carbons (Fsp3) is 0.320. The zero-order chi connectivity index (χ0) is 25.3. The highest BCUT2D eigenvalue weighted by Gasteiger charge is 2.43. The first-order valence-corrected chi connectivity index (χ1v) is 11.1. The van der Waals surface area contributed by atoms with E-state index in [2.05, 4.69) is 0 Å². The summed E-state index contributed by atoms with van der Waals surface area (Å²) in [5.74, 6) is -5.68. The number of hydrogen-bond acceptors (Lipinski definition) is 9. The van der Waals surface area contributed by atoms with Crippen molar-refractivity contribution in [2.75, 3.05) is 31.1 Å². The number of allylic oxidation sites excluding steroid dienone is 5. The quantitative estimate of drug-likeness (QED) is 0.351. The molecule has 3 rings (SSSR count). The van der Waals surface area contributed by atoms with Gasteiger partial charge in [0.15, 0.2) is 5.78 Å². The molecule has 0 amide bonds. The molecule has 0 heterocycles. The van der Waals surface area contributed by atoms with Crippen LogP contribution in [0.2, 0.25) is 0 Å². The maximum atomic E-state index is 12.8. The van der Waals surface area contributed by atoms with E-state index in [0.717, 1.165) is 0 Å². The maximum absolute atomic E-state index is 12.8. The molecule has 0 fully saturated rings. The number of aromatic hydroxyl groups is 2. The Bertz CT molecular complexity index is 1170. The van der Waals surface area contributed by atoms with E-state index in [1.807, 2.05) is 37.5 Å². The molecule has 0 unspecified atom stereocenters.